The van der Waals surface area contributed by atoms with Crippen LogP contribution in [0.1, 0.15) is 0 Å². The number of hydrogen-bond acceptors (Lipinski definition) is 6. The van der Waals surface area contributed by atoms with Crippen molar-refractivity contribution >= 4 is 12.7 Å². The number of hydrogen-bond donors (Lipinski definition) is 3. The zero-order valence-corrected chi connectivity index (χ0v) is 5.12. The number of aliphatic hydroxyl groups is 2. The van der Waals surface area contributed by atoms with Gasteiger partial charge in [-0.15, -0.1) is 0 Å². The first-order valence-corrected chi connectivity index (χ1v) is 2.66. The van der Waals surface area contributed by atoms with E-state index in [0.717, 1.165) is 4.90 Å². The van der Waals surface area contributed by atoms with E-state index in [1.54, 1.807) is 0 Å². The Labute approximate surface area is 57.3 Å². The number of rotatable bonds is 1. The van der Waals surface area contributed by atoms with Crippen molar-refractivity contribution in [2.45, 2.75) is 12.7 Å². The fraction of sp³-hybridized carbons (Fsp3) is 0.500. The van der Waals surface area contributed by atoms with Crippen molar-refractivity contribution in [1.82, 2.24) is 4.90 Å². The quantitative estimate of drug-likeness (QED) is 0.366. The van der Waals surface area contributed by atoms with Gasteiger partial charge in [0.2, 0.25) is 6.41 Å². The predicted molar refractivity (Wildman–Crippen MR) is 35.0 cm³/mol. The van der Waals surface area contributed by atoms with Crippen LogP contribution in [0.15, 0.2) is 9.98 Å². The van der Waals surface area contributed by atoms with E-state index < -0.39 is 12.7 Å². The number of nitrogens with zero attached hydrogens (tertiary/aromatic N) is 3. The van der Waals surface area contributed by atoms with E-state index in [9.17, 15) is 0 Å². The lowest BCUT2D eigenvalue weighted by Gasteiger charge is -2.25. The van der Waals surface area contributed by atoms with Gasteiger partial charge in [0.1, 0.15) is 6.34 Å². The molecule has 0 radical (unpaired) electrons. The summed E-state index contributed by atoms with van der Waals surface area (Å²) in [6, 6.07) is 0. The van der Waals surface area contributed by atoms with Gasteiger partial charge in [0.15, 0.2) is 6.29 Å². The largest absolute Gasteiger partial charge is 0.351 e. The van der Waals surface area contributed by atoms with Crippen molar-refractivity contribution in [3.05, 3.63) is 0 Å². The first kappa shape index (κ1) is 7.13. The minimum absolute atomic E-state index is 0.752. The van der Waals surface area contributed by atoms with Crippen LogP contribution in [0.5, 0.6) is 0 Å². The van der Waals surface area contributed by atoms with E-state index in [-0.39, 0.29) is 0 Å². The van der Waals surface area contributed by atoms with Gasteiger partial charge in [-0.25, -0.2) is 9.98 Å². The van der Waals surface area contributed by atoms with E-state index in [4.69, 9.17) is 15.9 Å². The van der Waals surface area contributed by atoms with Gasteiger partial charge in [-0.05, 0) is 0 Å². The topological polar surface area (TPSA) is 94.4 Å². The lowest BCUT2D eigenvalue weighted by atomic mass is 10.6. The standard InChI is InChI=1S/C4H8N4O2/c5-3-7-1-6-2-8(3)4(9)10/h1-4,9-10H,5H2. The number of nitrogens with two attached hydrogens (primary N) is 1. The average molecular weight is 144 g/mol. The van der Waals surface area contributed by atoms with Crippen LogP contribution in [0.25, 0.3) is 0 Å². The second kappa shape index (κ2) is 2.74. The molecule has 0 bridgehead atoms. The van der Waals surface area contributed by atoms with Crippen molar-refractivity contribution in [2.75, 3.05) is 0 Å². The molecule has 1 aliphatic heterocycles. The summed E-state index contributed by atoms with van der Waals surface area (Å²) in [6.45, 7) is 0. The van der Waals surface area contributed by atoms with Gasteiger partial charge in [-0.2, -0.15) is 0 Å². The molecule has 0 saturated heterocycles. The maximum absolute atomic E-state index is 8.58. The highest BCUT2D eigenvalue weighted by molar-refractivity contribution is 5.73. The molecule has 0 aromatic rings. The number of aliphatic hydroxyl groups excluding tert-OH is 1. The molecule has 1 rings (SSSR count). The van der Waals surface area contributed by atoms with Crippen molar-refractivity contribution in [2.24, 2.45) is 15.7 Å². The Bertz CT molecular complexity index is 167. The van der Waals surface area contributed by atoms with E-state index in [2.05, 4.69) is 9.98 Å². The Kier molecular flexibility index (Phi) is 1.95. The highest BCUT2D eigenvalue weighted by Gasteiger charge is 2.16. The molecule has 56 valence electrons. The molecule has 0 aromatic carbocycles. The van der Waals surface area contributed by atoms with Gasteiger partial charge < -0.3 is 10.2 Å². The van der Waals surface area contributed by atoms with Crippen LogP contribution >= 0.6 is 0 Å². The van der Waals surface area contributed by atoms with E-state index in [1.165, 1.54) is 12.7 Å². The molecule has 0 saturated carbocycles. The molecular weight excluding hydrogens is 136 g/mol. The fourth-order valence-corrected chi connectivity index (χ4v) is 0.555. The van der Waals surface area contributed by atoms with Crippen LogP contribution in [-0.4, -0.2) is 40.5 Å². The second-order valence-electron chi connectivity index (χ2n) is 1.74. The maximum Gasteiger partial charge on any atom is 0.238 e. The highest BCUT2D eigenvalue weighted by Crippen LogP contribution is 1.97. The van der Waals surface area contributed by atoms with Gasteiger partial charge in [0, 0.05) is 0 Å². The highest BCUT2D eigenvalue weighted by atomic mass is 16.5. The minimum atomic E-state index is -1.64. The summed E-state index contributed by atoms with van der Waals surface area (Å²) in [5, 5.41) is 17.2. The second-order valence-corrected chi connectivity index (χ2v) is 1.74. The molecule has 6 heteroatoms. The van der Waals surface area contributed by atoms with Gasteiger partial charge in [0.25, 0.3) is 0 Å². The van der Waals surface area contributed by atoms with E-state index in [1.807, 2.05) is 0 Å². The summed E-state index contributed by atoms with van der Waals surface area (Å²) in [4.78, 5) is 8.13. The van der Waals surface area contributed by atoms with E-state index in [0.29, 0.717) is 0 Å². The van der Waals surface area contributed by atoms with Gasteiger partial charge >= 0.3 is 0 Å². The molecule has 1 aliphatic rings. The summed E-state index contributed by atoms with van der Waals surface area (Å²) in [5.74, 6) is 0. The van der Waals surface area contributed by atoms with Crippen LogP contribution in [0, 0.1) is 0 Å². The third kappa shape index (κ3) is 1.29. The first-order chi connectivity index (χ1) is 4.72. The zero-order valence-electron chi connectivity index (χ0n) is 5.12. The molecular formula is C4H8N4O2. The Balaban J connectivity index is 2.61. The Morgan fingerprint density at radius 2 is 2.30 bits per heavy atom. The van der Waals surface area contributed by atoms with Crippen molar-refractivity contribution in [3.63, 3.8) is 0 Å². The van der Waals surface area contributed by atoms with Crippen LogP contribution < -0.4 is 5.73 Å². The van der Waals surface area contributed by atoms with Crippen LogP contribution in [0.2, 0.25) is 0 Å². The normalized spacial score (nSPS) is 24.4. The first-order valence-electron chi connectivity index (χ1n) is 2.66. The summed E-state index contributed by atoms with van der Waals surface area (Å²) >= 11 is 0. The summed E-state index contributed by atoms with van der Waals surface area (Å²) in [7, 11) is 0. The summed E-state index contributed by atoms with van der Waals surface area (Å²) < 4.78 is 0. The van der Waals surface area contributed by atoms with Crippen LogP contribution in [0.4, 0.5) is 0 Å². The van der Waals surface area contributed by atoms with E-state index >= 15 is 0 Å². The van der Waals surface area contributed by atoms with Crippen LogP contribution in [-0.2, 0) is 0 Å². The Morgan fingerprint density at radius 3 is 2.70 bits per heavy atom. The van der Waals surface area contributed by atoms with Crippen LogP contribution in [0.3, 0.4) is 0 Å². The molecule has 1 atom stereocenters. The molecule has 6 nitrogen and oxygen atoms in total. The lowest BCUT2D eigenvalue weighted by molar-refractivity contribution is -0.134. The van der Waals surface area contributed by atoms with Crippen molar-refractivity contribution in [1.29, 1.82) is 0 Å². The third-order valence-electron chi connectivity index (χ3n) is 1.06. The molecule has 1 heterocycles. The van der Waals surface area contributed by atoms with Gasteiger partial charge in [-0.1, -0.05) is 0 Å². The minimum Gasteiger partial charge on any atom is -0.351 e. The maximum atomic E-state index is 8.58. The average Bonchev–Trinajstić information content (AvgIpc) is 1.88. The van der Waals surface area contributed by atoms with Gasteiger partial charge in [0.05, 0.1) is 6.34 Å². The fourth-order valence-electron chi connectivity index (χ4n) is 0.555. The molecule has 0 fully saturated rings. The Morgan fingerprint density at radius 1 is 1.60 bits per heavy atom. The van der Waals surface area contributed by atoms with Crippen molar-refractivity contribution in [3.8, 4) is 0 Å². The summed E-state index contributed by atoms with van der Waals surface area (Å²) in [5.41, 5.74) is 5.30. The molecule has 4 N–H and O–H groups in total. The Hall–Kier alpha value is -0.980. The number of aliphatic imine (C=N–C) groups is 2. The smallest absolute Gasteiger partial charge is 0.238 e. The monoisotopic (exact) mass is 144 g/mol. The molecule has 1 unspecified atom stereocenters. The summed E-state index contributed by atoms with van der Waals surface area (Å²) in [6.07, 6.45) is 0.0694. The lowest BCUT2D eigenvalue weighted by Crippen LogP contribution is -2.47. The molecule has 0 amide bonds. The molecule has 10 heavy (non-hydrogen) atoms. The predicted octanol–water partition coefficient (Wildman–Crippen LogP) is -2.13. The zero-order chi connectivity index (χ0) is 7.56. The van der Waals surface area contributed by atoms with Gasteiger partial charge in [-0.3, -0.25) is 10.6 Å². The molecule has 0 aliphatic carbocycles. The molecule has 0 aromatic heterocycles. The SMILES string of the molecule is NC1N=CN=CN1C(O)O. The third-order valence-corrected chi connectivity index (χ3v) is 1.06. The van der Waals surface area contributed by atoms with Crippen molar-refractivity contribution < 1.29 is 10.2 Å². The molecule has 0 spiro atoms.